The molecule has 1 heterocycles. The van der Waals surface area contributed by atoms with Crippen molar-refractivity contribution >= 4 is 118 Å². The van der Waals surface area contributed by atoms with Crippen LogP contribution in [0.2, 0.25) is 0 Å². The summed E-state index contributed by atoms with van der Waals surface area (Å²) >= 11 is 0. The highest BCUT2D eigenvalue weighted by molar-refractivity contribution is 6.01. The van der Waals surface area contributed by atoms with Crippen LogP contribution in [0, 0.1) is 0 Å². The van der Waals surface area contributed by atoms with Gasteiger partial charge in [-0.15, -0.1) is 0 Å². The molecule has 0 aliphatic rings. The minimum Gasteiger partial charge on any atom is -0.481 e. The van der Waals surface area contributed by atoms with Gasteiger partial charge >= 0.3 is 17.9 Å². The summed E-state index contributed by atoms with van der Waals surface area (Å²) in [5.74, 6) is -20.0. The third-order valence-corrected chi connectivity index (χ3v) is 16.2. The number of hydrogen-bond donors (Lipinski definition) is 23. The number of H-pyrrole nitrogens is 1. The standard InChI is InChI=1S/C65H107N21O23/c1-29(50(68)94)72-65(109)46(26-40-27-69-28-70-40)86-59(103)38(10)77-52(96)32(4)74-54(98)34(6)79-61(105)44(19-22-48(90)91)84-64(108)42(17-13-15-25-67)82-58(102)37(9)76-55(99)35(7)80-62(106)45(20-23-49(92)93)85-63(107)41(16-12-14-24-66)81-57(101)36(8)75-51(95)31(3)73-53(97)33(5)78-60(104)43(18-21-47(88)89)83-56(100)30(2)71-39(11)87/h27-38,41-46H,12-26,66-67H2,1-11H3,(H2,68,94)(H,69,70)(H,71,87)(H,72,109)(H,73,97)(H,74,98)(H,75,95)(H,76,99)(H,77,96)(H,78,104)(H,79,105)(H,80,106)(H,81,101)(H,82,102)(H,83,100)(H,84,108)(H,85,107)(H,86,103)(H,88,89)(H,90,91)(H,92,93)/t29-,30-,31-,32-,33-,34-,35-,36-,37-,38-,41-,42-,43-,44-,45-,46-/m0/s1. The van der Waals surface area contributed by atoms with Gasteiger partial charge in [0.2, 0.25) is 100 Å². The summed E-state index contributed by atoms with van der Waals surface area (Å²) in [6, 6.07) is -22.7. The largest absolute Gasteiger partial charge is 0.481 e. The zero-order chi connectivity index (χ0) is 83.1. The molecule has 0 unspecified atom stereocenters. The van der Waals surface area contributed by atoms with Crippen molar-refractivity contribution in [3.63, 3.8) is 0 Å². The van der Waals surface area contributed by atoms with Gasteiger partial charge in [-0.1, -0.05) is 0 Å². The minimum absolute atomic E-state index is 0.114. The summed E-state index contributed by atoms with van der Waals surface area (Å²) in [5, 5.41) is 66.3. The van der Waals surface area contributed by atoms with E-state index in [4.69, 9.17) is 17.2 Å². The van der Waals surface area contributed by atoms with Gasteiger partial charge in [0.25, 0.3) is 0 Å². The number of amides is 17. The molecule has 610 valence electrons. The first-order valence-electron chi connectivity index (χ1n) is 35.1. The van der Waals surface area contributed by atoms with Crippen molar-refractivity contribution in [1.82, 2.24) is 95.0 Å². The van der Waals surface area contributed by atoms with E-state index in [1.165, 1.54) is 74.8 Å². The van der Waals surface area contributed by atoms with E-state index in [2.05, 4.69) is 95.0 Å². The Labute approximate surface area is 627 Å². The molecule has 0 aromatic carbocycles. The Morgan fingerprint density at radius 2 is 0.541 bits per heavy atom. The van der Waals surface area contributed by atoms with Crippen LogP contribution in [0.1, 0.15) is 159 Å². The van der Waals surface area contributed by atoms with Crippen LogP contribution in [-0.2, 0) is 102 Å². The van der Waals surface area contributed by atoms with Crippen molar-refractivity contribution in [2.24, 2.45) is 17.2 Å². The van der Waals surface area contributed by atoms with Crippen LogP contribution in [-0.4, -0.2) is 253 Å². The maximum absolute atomic E-state index is 14.0. The summed E-state index contributed by atoms with van der Waals surface area (Å²) in [7, 11) is 0. The average Bonchev–Trinajstić information content (AvgIpc) is 1.33. The molecule has 0 aliphatic carbocycles. The Morgan fingerprint density at radius 1 is 0.321 bits per heavy atom. The molecule has 0 fully saturated rings. The van der Waals surface area contributed by atoms with Crippen LogP contribution < -0.4 is 102 Å². The lowest BCUT2D eigenvalue weighted by Crippen LogP contribution is -2.60. The van der Waals surface area contributed by atoms with Crippen LogP contribution in [0.4, 0.5) is 0 Å². The third kappa shape index (κ3) is 37.1. The number of primary amides is 1. The maximum Gasteiger partial charge on any atom is 0.303 e. The van der Waals surface area contributed by atoms with Gasteiger partial charge in [0.1, 0.15) is 96.7 Å². The van der Waals surface area contributed by atoms with Crippen molar-refractivity contribution in [3.8, 4) is 0 Å². The summed E-state index contributed by atoms with van der Waals surface area (Å²) in [6.45, 7) is 13.8. The Kier molecular flexibility index (Phi) is 42.7. The zero-order valence-electron chi connectivity index (χ0n) is 62.7. The van der Waals surface area contributed by atoms with E-state index < -0.39 is 254 Å². The molecule has 44 nitrogen and oxygen atoms in total. The second-order valence-corrected chi connectivity index (χ2v) is 25.9. The number of carbonyl (C=O) groups is 20. The van der Waals surface area contributed by atoms with E-state index in [1.54, 1.807) is 0 Å². The monoisotopic (exact) mass is 1550 g/mol. The molecule has 1 aromatic heterocycles. The number of carboxylic acid groups (broad SMARTS) is 3. The minimum atomic E-state index is -1.70. The van der Waals surface area contributed by atoms with Crippen molar-refractivity contribution in [2.75, 3.05) is 13.1 Å². The molecule has 0 radical (unpaired) electrons. The first-order valence-corrected chi connectivity index (χ1v) is 35.1. The zero-order valence-corrected chi connectivity index (χ0v) is 62.7. The summed E-state index contributed by atoms with van der Waals surface area (Å²) in [4.78, 5) is 266. The summed E-state index contributed by atoms with van der Waals surface area (Å²) in [5.41, 5.74) is 17.1. The van der Waals surface area contributed by atoms with Gasteiger partial charge in [0, 0.05) is 44.5 Å². The number of nitrogens with zero attached hydrogens (tertiary/aromatic N) is 1. The number of nitrogens with two attached hydrogens (primary N) is 3. The molecule has 26 N–H and O–H groups in total. The van der Waals surface area contributed by atoms with Gasteiger partial charge in [0.05, 0.1) is 6.33 Å². The normalized spacial score (nSPS) is 15.3. The number of carbonyl (C=O) groups excluding carboxylic acids is 17. The SMILES string of the molecule is CC(=O)N[C@@H](C)C(=O)N[C@@H](CCC(=O)O)C(=O)N[C@@H](C)C(=O)N[C@@H](C)C(=O)N[C@@H](C)C(=O)N[C@@H](CCCCN)C(=O)N[C@@H](CCC(=O)O)C(=O)N[C@@H](C)C(=O)N[C@@H](C)C(=O)N[C@@H](CCCCN)C(=O)N[C@@H](CCC(=O)O)C(=O)N[C@@H](C)C(=O)N[C@@H](C)C(=O)N[C@@H](C)C(=O)N[C@@H](Cc1cnc[nH]1)C(=O)N[C@@H](C)C(N)=O. The lowest BCUT2D eigenvalue weighted by Gasteiger charge is -2.26. The topological polar surface area (TPSA) is 701 Å². The molecule has 0 spiro atoms. The molecule has 0 bridgehead atoms. The lowest BCUT2D eigenvalue weighted by atomic mass is 10.1. The smallest absolute Gasteiger partial charge is 0.303 e. The molecule has 0 saturated heterocycles. The molecular formula is C65H107N21O23. The van der Waals surface area contributed by atoms with Crippen LogP contribution in [0.25, 0.3) is 0 Å². The molecular weight excluding hydrogens is 1440 g/mol. The molecule has 0 aliphatic heterocycles. The van der Waals surface area contributed by atoms with Crippen molar-refractivity contribution in [3.05, 3.63) is 18.2 Å². The van der Waals surface area contributed by atoms with E-state index in [0.29, 0.717) is 18.5 Å². The fourth-order valence-electron chi connectivity index (χ4n) is 9.60. The predicted molar refractivity (Wildman–Crippen MR) is 381 cm³/mol. The van der Waals surface area contributed by atoms with Crippen molar-refractivity contribution < 1.29 is 111 Å². The first-order chi connectivity index (χ1) is 50.9. The highest BCUT2D eigenvalue weighted by Crippen LogP contribution is 2.10. The second kappa shape index (κ2) is 48.7. The van der Waals surface area contributed by atoms with Crippen LogP contribution in [0.15, 0.2) is 12.5 Å². The second-order valence-electron chi connectivity index (χ2n) is 25.9. The first kappa shape index (κ1) is 95.5. The molecule has 1 rings (SSSR count). The fraction of sp³-hybridized carbons (Fsp3) is 0.646. The molecule has 44 heteroatoms. The van der Waals surface area contributed by atoms with Gasteiger partial charge < -0.3 is 123 Å². The van der Waals surface area contributed by atoms with E-state index in [-0.39, 0.29) is 45.2 Å². The number of aliphatic carboxylic acids is 3. The third-order valence-electron chi connectivity index (χ3n) is 16.2. The van der Waals surface area contributed by atoms with E-state index in [0.717, 1.165) is 13.8 Å². The number of imidazole rings is 1. The van der Waals surface area contributed by atoms with Crippen LogP contribution >= 0.6 is 0 Å². The van der Waals surface area contributed by atoms with Gasteiger partial charge in [-0.05, 0) is 140 Å². The highest BCUT2D eigenvalue weighted by Gasteiger charge is 2.36. The average molecular weight is 1550 g/mol. The van der Waals surface area contributed by atoms with E-state index in [1.807, 2.05) is 0 Å². The van der Waals surface area contributed by atoms with Gasteiger partial charge in [-0.2, -0.15) is 0 Å². The number of nitrogens with one attached hydrogen (secondary N) is 17. The molecule has 1 aromatic rings. The van der Waals surface area contributed by atoms with Gasteiger partial charge in [-0.25, -0.2) is 4.98 Å². The van der Waals surface area contributed by atoms with Gasteiger partial charge in [-0.3, -0.25) is 95.9 Å². The highest BCUT2D eigenvalue weighted by atomic mass is 16.4. The summed E-state index contributed by atoms with van der Waals surface area (Å²) in [6.07, 6.45) is -0.105. The van der Waals surface area contributed by atoms with Crippen molar-refractivity contribution in [1.29, 1.82) is 0 Å². The number of unbranched alkanes of at least 4 members (excludes halogenated alkanes) is 2. The fourth-order valence-corrected chi connectivity index (χ4v) is 9.60. The predicted octanol–water partition coefficient (Wildman–Crippen LogP) is -8.73. The number of aromatic nitrogens is 2. The number of rotatable bonds is 51. The molecule has 0 saturated carbocycles. The number of carboxylic acids is 3. The quantitative estimate of drug-likeness (QED) is 0.0269. The molecule has 17 amide bonds. The number of hydrogen-bond acceptors (Lipinski definition) is 23. The maximum atomic E-state index is 14.0. The van der Waals surface area contributed by atoms with Crippen LogP contribution in [0.3, 0.4) is 0 Å². The van der Waals surface area contributed by atoms with E-state index in [9.17, 15) is 111 Å². The lowest BCUT2D eigenvalue weighted by molar-refractivity contribution is -0.139. The Bertz CT molecular complexity index is 3380. The Balaban J connectivity index is 3.17. The Hall–Kier alpha value is -11.5. The van der Waals surface area contributed by atoms with Crippen molar-refractivity contribution in [2.45, 2.75) is 256 Å². The van der Waals surface area contributed by atoms with Crippen LogP contribution in [0.5, 0.6) is 0 Å². The molecule has 109 heavy (non-hydrogen) atoms. The van der Waals surface area contributed by atoms with E-state index >= 15 is 0 Å². The number of aromatic amines is 1. The molecule has 16 atom stereocenters. The Morgan fingerprint density at radius 3 is 0.789 bits per heavy atom. The van der Waals surface area contributed by atoms with Gasteiger partial charge in [0.15, 0.2) is 0 Å². The summed E-state index contributed by atoms with van der Waals surface area (Å²) < 4.78 is 0.